The van der Waals surface area contributed by atoms with Gasteiger partial charge in [0.15, 0.2) is 5.12 Å². The fourth-order valence-corrected chi connectivity index (χ4v) is 3.23. The standard InChI is InChI=1S/C22H25FN4O6S/c1-12-20(30)26-13(2)22(32)33-15(6-4-5-9-34-14(3)28)10-19(29)24-11-18-16(23)7-8-17(27-18)21(31)25-12/h4,6-8,13,15H,1,5,9-11H2,2-3H3,(H,24,29)(H,25,31)(H,26,30)/b6-4+/t13-,15+/m0/s1. The summed E-state index contributed by atoms with van der Waals surface area (Å²) < 4.78 is 19.5. The van der Waals surface area contributed by atoms with Gasteiger partial charge in [-0.25, -0.2) is 14.2 Å². The van der Waals surface area contributed by atoms with Gasteiger partial charge in [0.25, 0.3) is 11.8 Å². The fourth-order valence-electron chi connectivity index (χ4n) is 2.69. The molecule has 34 heavy (non-hydrogen) atoms. The molecule has 12 heteroatoms. The topological polar surface area (TPSA) is 144 Å². The summed E-state index contributed by atoms with van der Waals surface area (Å²) in [4.78, 5) is 64.4. The number of fused-ring (bicyclic) bond motifs is 2. The predicted octanol–water partition coefficient (Wildman–Crippen LogP) is 1.13. The summed E-state index contributed by atoms with van der Waals surface area (Å²) in [7, 11) is 0. The number of ether oxygens (including phenoxy) is 1. The first kappa shape index (κ1) is 26.7. The molecular weight excluding hydrogens is 467 g/mol. The normalized spacial score (nSPS) is 20.4. The number of carbonyl (C=O) groups is 5. The van der Waals surface area contributed by atoms with E-state index in [4.69, 9.17) is 4.74 Å². The SMILES string of the molecule is C=C1NC(=O)c2ccc(F)c(n2)CNC(=O)C[C@@H](/C=C/CCSC(C)=O)OC(=O)[C@H](C)NC1=O. The lowest BCUT2D eigenvalue weighted by molar-refractivity contribution is -0.151. The van der Waals surface area contributed by atoms with Gasteiger partial charge in [0, 0.05) is 12.7 Å². The van der Waals surface area contributed by atoms with Crippen molar-refractivity contribution >= 4 is 40.6 Å². The first-order chi connectivity index (χ1) is 16.1. The van der Waals surface area contributed by atoms with Crippen LogP contribution in [0.3, 0.4) is 0 Å². The molecule has 2 bridgehead atoms. The number of esters is 1. The number of aromatic nitrogens is 1. The van der Waals surface area contributed by atoms with Gasteiger partial charge in [-0.15, -0.1) is 0 Å². The third kappa shape index (κ3) is 8.43. The molecule has 182 valence electrons. The number of rotatable bonds is 4. The van der Waals surface area contributed by atoms with E-state index >= 15 is 0 Å². The van der Waals surface area contributed by atoms with E-state index in [0.29, 0.717) is 12.2 Å². The number of pyridine rings is 1. The highest BCUT2D eigenvalue weighted by Gasteiger charge is 2.24. The lowest BCUT2D eigenvalue weighted by atomic mass is 10.2. The van der Waals surface area contributed by atoms with Gasteiger partial charge in [0.05, 0.1) is 24.4 Å². The first-order valence-electron chi connectivity index (χ1n) is 10.3. The number of carbonyl (C=O) groups excluding carboxylic acids is 5. The summed E-state index contributed by atoms with van der Waals surface area (Å²) >= 11 is 1.13. The molecule has 0 saturated carbocycles. The van der Waals surface area contributed by atoms with E-state index < -0.39 is 41.7 Å². The predicted molar refractivity (Wildman–Crippen MR) is 122 cm³/mol. The second kappa shape index (κ2) is 12.6. The summed E-state index contributed by atoms with van der Waals surface area (Å²) in [6.07, 6.45) is 2.42. The molecule has 0 fully saturated rings. The zero-order valence-electron chi connectivity index (χ0n) is 18.7. The third-order valence-electron chi connectivity index (χ3n) is 4.44. The summed E-state index contributed by atoms with van der Waals surface area (Å²) in [5.74, 6) is -3.26. The minimum Gasteiger partial charge on any atom is -0.456 e. The molecule has 0 unspecified atom stereocenters. The van der Waals surface area contributed by atoms with Gasteiger partial charge in [0.1, 0.15) is 23.7 Å². The molecule has 0 aliphatic carbocycles. The van der Waals surface area contributed by atoms with Gasteiger partial charge >= 0.3 is 5.97 Å². The monoisotopic (exact) mass is 492 g/mol. The Balaban J connectivity index is 2.25. The van der Waals surface area contributed by atoms with E-state index in [1.807, 2.05) is 0 Å². The molecule has 1 aliphatic heterocycles. The quantitative estimate of drug-likeness (QED) is 0.246. The number of nitrogens with zero attached hydrogens (tertiary/aromatic N) is 1. The van der Waals surface area contributed by atoms with Crippen molar-refractivity contribution in [2.24, 2.45) is 0 Å². The van der Waals surface area contributed by atoms with E-state index in [-0.39, 0.29) is 35.2 Å². The highest BCUT2D eigenvalue weighted by atomic mass is 32.2. The lowest BCUT2D eigenvalue weighted by Gasteiger charge is -2.19. The van der Waals surface area contributed by atoms with Gasteiger partial charge in [-0.05, 0) is 31.6 Å². The Kier molecular flexibility index (Phi) is 9.92. The molecule has 10 nitrogen and oxygen atoms in total. The molecule has 3 amide bonds. The Morgan fingerprint density at radius 2 is 2.03 bits per heavy atom. The number of allylic oxidation sites excluding steroid dienone is 1. The molecule has 0 aromatic carbocycles. The van der Waals surface area contributed by atoms with E-state index in [9.17, 15) is 28.4 Å². The smallest absolute Gasteiger partial charge is 0.328 e. The van der Waals surface area contributed by atoms with Crippen molar-refractivity contribution < 1.29 is 33.1 Å². The van der Waals surface area contributed by atoms with Crippen molar-refractivity contribution in [2.75, 3.05) is 5.75 Å². The van der Waals surface area contributed by atoms with E-state index in [1.54, 1.807) is 6.08 Å². The molecule has 1 aliphatic rings. The van der Waals surface area contributed by atoms with Crippen LogP contribution in [0.1, 0.15) is 42.9 Å². The second-order valence-corrected chi connectivity index (χ2v) is 8.54. The maximum Gasteiger partial charge on any atom is 0.328 e. The molecule has 1 aromatic heterocycles. The summed E-state index contributed by atoms with van der Waals surface area (Å²) in [5.41, 5.74) is -0.734. The van der Waals surface area contributed by atoms with Crippen LogP contribution in [0, 0.1) is 5.82 Å². The van der Waals surface area contributed by atoms with Crippen LogP contribution in [0.4, 0.5) is 4.39 Å². The van der Waals surface area contributed by atoms with Gasteiger partial charge in [-0.3, -0.25) is 19.2 Å². The molecule has 1 aromatic rings. The van der Waals surface area contributed by atoms with Gasteiger partial charge in [-0.2, -0.15) is 0 Å². The maximum absolute atomic E-state index is 14.1. The maximum atomic E-state index is 14.1. The summed E-state index contributed by atoms with van der Waals surface area (Å²) in [6.45, 7) is 5.97. The third-order valence-corrected chi connectivity index (χ3v) is 5.28. The Morgan fingerprint density at radius 1 is 1.29 bits per heavy atom. The average Bonchev–Trinajstić information content (AvgIpc) is 2.77. The Labute approximate surface area is 199 Å². The molecular formula is C22H25FN4O6S. The highest BCUT2D eigenvalue weighted by Crippen LogP contribution is 2.10. The lowest BCUT2D eigenvalue weighted by Crippen LogP contribution is -2.44. The Morgan fingerprint density at radius 3 is 2.74 bits per heavy atom. The Bertz CT molecular complexity index is 1030. The summed E-state index contributed by atoms with van der Waals surface area (Å²) in [6, 6.07) is 1.02. The average molecular weight is 493 g/mol. The van der Waals surface area contributed by atoms with Gasteiger partial charge in [0.2, 0.25) is 5.91 Å². The highest BCUT2D eigenvalue weighted by molar-refractivity contribution is 8.13. The molecule has 2 heterocycles. The van der Waals surface area contributed by atoms with Crippen molar-refractivity contribution in [2.45, 2.75) is 45.4 Å². The van der Waals surface area contributed by atoms with Crippen molar-refractivity contribution in [3.8, 4) is 0 Å². The minimum atomic E-state index is -1.11. The van der Waals surface area contributed by atoms with Crippen molar-refractivity contribution in [3.05, 3.63) is 53.8 Å². The van der Waals surface area contributed by atoms with Crippen LogP contribution in [0.25, 0.3) is 0 Å². The van der Waals surface area contributed by atoms with Crippen LogP contribution in [0.15, 0.2) is 36.6 Å². The number of thioether (sulfide) groups is 1. The number of cyclic esters (lactones) is 1. The molecule has 0 radical (unpaired) electrons. The van der Waals surface area contributed by atoms with Crippen molar-refractivity contribution in [1.29, 1.82) is 0 Å². The van der Waals surface area contributed by atoms with Crippen LogP contribution >= 0.6 is 11.8 Å². The van der Waals surface area contributed by atoms with Crippen LogP contribution in [-0.2, 0) is 30.5 Å². The fraction of sp³-hybridized carbons (Fsp3) is 0.364. The first-order valence-corrected chi connectivity index (χ1v) is 11.3. The van der Waals surface area contributed by atoms with Crippen LogP contribution in [-0.4, -0.2) is 51.7 Å². The molecule has 0 spiro atoms. The number of hydrogen-bond acceptors (Lipinski definition) is 8. The number of amides is 3. The number of hydrogen-bond donors (Lipinski definition) is 3. The molecule has 2 rings (SSSR count). The van der Waals surface area contributed by atoms with Gasteiger partial charge < -0.3 is 20.7 Å². The zero-order valence-corrected chi connectivity index (χ0v) is 19.5. The zero-order chi connectivity index (χ0) is 25.3. The van der Waals surface area contributed by atoms with Crippen LogP contribution in [0.2, 0.25) is 0 Å². The number of nitrogens with one attached hydrogen (secondary N) is 3. The van der Waals surface area contributed by atoms with Crippen LogP contribution in [0.5, 0.6) is 0 Å². The van der Waals surface area contributed by atoms with Crippen molar-refractivity contribution in [1.82, 2.24) is 20.9 Å². The van der Waals surface area contributed by atoms with Crippen LogP contribution < -0.4 is 16.0 Å². The van der Waals surface area contributed by atoms with E-state index in [2.05, 4.69) is 27.5 Å². The molecule has 2 atom stereocenters. The van der Waals surface area contributed by atoms with E-state index in [0.717, 1.165) is 23.9 Å². The molecule has 0 saturated heterocycles. The van der Waals surface area contributed by atoms with E-state index in [1.165, 1.54) is 19.9 Å². The minimum absolute atomic E-state index is 0.0313. The molecule has 3 N–H and O–H groups in total. The van der Waals surface area contributed by atoms with Crippen molar-refractivity contribution in [3.63, 3.8) is 0 Å². The number of halogens is 1. The Hall–Kier alpha value is -3.54. The second-order valence-electron chi connectivity index (χ2n) is 7.27. The largest absolute Gasteiger partial charge is 0.456 e. The van der Waals surface area contributed by atoms with Gasteiger partial charge in [-0.1, -0.05) is 24.4 Å². The summed E-state index contributed by atoms with van der Waals surface area (Å²) in [5, 5.41) is 7.03.